The Morgan fingerprint density at radius 2 is 1.86 bits per heavy atom. The number of hydrogen-bond donors (Lipinski definition) is 0. The van der Waals surface area contributed by atoms with Gasteiger partial charge in [0.1, 0.15) is 0 Å². The first-order valence-electron chi connectivity index (χ1n) is 2.67. The molecule has 0 aromatic carbocycles. The van der Waals surface area contributed by atoms with Gasteiger partial charge in [-0.05, 0) is 0 Å². The van der Waals surface area contributed by atoms with Gasteiger partial charge in [0, 0.05) is 0 Å². The van der Waals surface area contributed by atoms with Crippen molar-refractivity contribution in [2.75, 3.05) is 7.11 Å². The summed E-state index contributed by atoms with van der Waals surface area (Å²) in [6, 6.07) is 0. The second-order valence-electron chi connectivity index (χ2n) is 2.32. The molecule has 0 amide bonds. The van der Waals surface area contributed by atoms with Gasteiger partial charge in [-0.25, -0.2) is 0 Å². The van der Waals surface area contributed by atoms with Crippen molar-refractivity contribution in [1.82, 2.24) is 0 Å². The van der Waals surface area contributed by atoms with Gasteiger partial charge >= 0.3 is 50.2 Å². The van der Waals surface area contributed by atoms with E-state index in [1.165, 1.54) is 4.44 Å². The van der Waals surface area contributed by atoms with Gasteiger partial charge in [0.15, 0.2) is 0 Å². The molecule has 1 nitrogen and oxygen atoms in total. The third-order valence-corrected chi connectivity index (χ3v) is 9.42. The van der Waals surface area contributed by atoms with Crippen LogP contribution in [0.15, 0.2) is 0 Å². The zero-order valence-corrected chi connectivity index (χ0v) is 8.47. The van der Waals surface area contributed by atoms with E-state index in [0.29, 0.717) is 0 Å². The van der Waals surface area contributed by atoms with Gasteiger partial charge in [0.2, 0.25) is 0 Å². The summed E-state index contributed by atoms with van der Waals surface area (Å²) in [6.07, 6.45) is 0. The van der Waals surface area contributed by atoms with Crippen molar-refractivity contribution < 1.29 is 3.07 Å². The van der Waals surface area contributed by atoms with Crippen molar-refractivity contribution in [3.63, 3.8) is 0 Å². The maximum absolute atomic E-state index is 5.30. The third-order valence-electron chi connectivity index (χ3n) is 1.40. The van der Waals surface area contributed by atoms with Crippen molar-refractivity contribution in [1.29, 1.82) is 0 Å². The van der Waals surface area contributed by atoms with Crippen LogP contribution in [0.5, 0.6) is 0 Å². The van der Waals surface area contributed by atoms with Gasteiger partial charge in [-0.3, -0.25) is 0 Å². The summed E-state index contributed by atoms with van der Waals surface area (Å²) in [5.41, 5.74) is 0. The Bertz CT molecular complexity index is 46.0. The molecule has 0 spiro atoms. The predicted molar refractivity (Wildman–Crippen MR) is 35.0 cm³/mol. The minimum absolute atomic E-state index is 1.28. The van der Waals surface area contributed by atoms with Crippen LogP contribution in [0.3, 0.4) is 0 Å². The Morgan fingerprint density at radius 3 is 1.86 bits per heavy atom. The summed E-state index contributed by atoms with van der Waals surface area (Å²) >= 11 is -1.78. The van der Waals surface area contributed by atoms with E-state index in [-0.39, 0.29) is 0 Å². The average Bonchev–Trinajstić information content (AvgIpc) is 1.68. The van der Waals surface area contributed by atoms with Crippen LogP contribution < -0.4 is 0 Å². The summed E-state index contributed by atoms with van der Waals surface area (Å²) in [5, 5.41) is 0. The minimum atomic E-state index is -1.78. The fourth-order valence-electron chi connectivity index (χ4n) is 0.144. The third kappa shape index (κ3) is 3.35. The van der Waals surface area contributed by atoms with Gasteiger partial charge in [0.25, 0.3) is 0 Å². The molecule has 0 atom stereocenters. The van der Waals surface area contributed by atoms with E-state index in [2.05, 4.69) is 16.8 Å². The maximum atomic E-state index is 5.30. The van der Waals surface area contributed by atoms with Crippen molar-refractivity contribution >= 4 is 18.8 Å². The van der Waals surface area contributed by atoms with E-state index in [9.17, 15) is 0 Å². The molecule has 0 aromatic heterocycles. The van der Waals surface area contributed by atoms with Crippen molar-refractivity contribution in [3.05, 3.63) is 0 Å². The monoisotopic (exact) mass is 210 g/mol. The van der Waals surface area contributed by atoms with Crippen LogP contribution in [0.4, 0.5) is 0 Å². The molecule has 0 N–H and O–H groups in total. The van der Waals surface area contributed by atoms with Crippen LogP contribution in [0.2, 0.25) is 14.3 Å². The Hall–Kier alpha value is 0.759. The second kappa shape index (κ2) is 2.92. The van der Waals surface area contributed by atoms with E-state index in [4.69, 9.17) is 3.07 Å². The first-order chi connectivity index (χ1) is 3.12. The van der Waals surface area contributed by atoms with Gasteiger partial charge in [-0.1, -0.05) is 0 Å². The fourth-order valence-corrected chi connectivity index (χ4v) is 0.968. The Morgan fingerprint density at radius 1 is 1.43 bits per heavy atom. The first-order valence-corrected chi connectivity index (χ1v) is 11.6. The zero-order chi connectivity index (χ0) is 5.91. The summed E-state index contributed by atoms with van der Waals surface area (Å²) in [6.45, 7) is 2.21. The molecule has 0 rings (SSSR count). The van der Waals surface area contributed by atoms with Gasteiger partial charge in [0.05, 0.1) is 0 Å². The summed E-state index contributed by atoms with van der Waals surface area (Å²) < 4.78 is 6.58. The standard InChI is InChI=1S/C2H5.CH3O.2CH3.Sn/c2*1-2;;;/h1H2,2H3;1H3;2*1H3;/q;-1;;;+1. The predicted octanol–water partition coefficient (Wildman–Crippen LogP) is 1.86. The molecule has 0 aliphatic rings. The van der Waals surface area contributed by atoms with Crippen LogP contribution in [0, 0.1) is 0 Å². The molecule has 0 radical (unpaired) electrons. The summed E-state index contributed by atoms with van der Waals surface area (Å²) in [5.74, 6) is 0. The number of hydrogen-bond acceptors (Lipinski definition) is 1. The Labute approximate surface area is 50.5 Å². The molecule has 0 aromatic rings. The molecule has 0 saturated carbocycles. The zero-order valence-electron chi connectivity index (χ0n) is 5.62. The van der Waals surface area contributed by atoms with Crippen LogP contribution in [0.1, 0.15) is 6.92 Å². The molecule has 0 saturated heterocycles. The molecule has 0 heterocycles. The van der Waals surface area contributed by atoms with Crippen molar-refractivity contribution in [3.8, 4) is 0 Å². The van der Waals surface area contributed by atoms with Crippen LogP contribution in [-0.2, 0) is 3.07 Å². The summed E-state index contributed by atoms with van der Waals surface area (Å²) in [4.78, 5) is 4.57. The quantitative estimate of drug-likeness (QED) is 0.630. The van der Waals surface area contributed by atoms with Gasteiger partial charge < -0.3 is 0 Å². The van der Waals surface area contributed by atoms with Crippen molar-refractivity contribution in [2.45, 2.75) is 21.2 Å². The molecular weight excluding hydrogens is 195 g/mol. The normalized spacial score (nSPS) is 12.0. The Kier molecular flexibility index (Phi) is 3.24. The average molecular weight is 209 g/mol. The van der Waals surface area contributed by atoms with E-state index in [1.54, 1.807) is 0 Å². The topological polar surface area (TPSA) is 9.23 Å². The van der Waals surface area contributed by atoms with E-state index in [0.717, 1.165) is 0 Å². The molecule has 2 heteroatoms. The fraction of sp³-hybridized carbons (Fsp3) is 1.00. The van der Waals surface area contributed by atoms with Crippen LogP contribution in [0.25, 0.3) is 0 Å². The number of rotatable bonds is 2. The van der Waals surface area contributed by atoms with Crippen molar-refractivity contribution in [2.24, 2.45) is 0 Å². The summed E-state index contributed by atoms with van der Waals surface area (Å²) in [7, 11) is 1.83. The van der Waals surface area contributed by atoms with Crippen LogP contribution in [-0.4, -0.2) is 25.9 Å². The second-order valence-corrected chi connectivity index (χ2v) is 15.5. The Balaban J connectivity index is 3.36. The molecule has 0 aliphatic heterocycles. The molecule has 0 fully saturated rings. The molecule has 0 unspecified atom stereocenters. The molecule has 7 heavy (non-hydrogen) atoms. The van der Waals surface area contributed by atoms with Crippen LogP contribution >= 0.6 is 0 Å². The molecular formula is C5H14OSn. The van der Waals surface area contributed by atoms with Gasteiger partial charge in [-0.15, -0.1) is 0 Å². The molecule has 0 aliphatic carbocycles. The molecule has 44 valence electrons. The van der Waals surface area contributed by atoms with E-state index >= 15 is 0 Å². The van der Waals surface area contributed by atoms with Gasteiger partial charge in [-0.2, -0.15) is 0 Å². The van der Waals surface area contributed by atoms with E-state index < -0.39 is 18.8 Å². The van der Waals surface area contributed by atoms with E-state index in [1.807, 2.05) is 7.11 Å². The molecule has 0 bridgehead atoms. The first kappa shape index (κ1) is 7.76. The SMILES string of the molecule is C[CH2][Sn]([CH3])([CH3])[O]C.